The summed E-state index contributed by atoms with van der Waals surface area (Å²) >= 11 is 0. The van der Waals surface area contributed by atoms with Crippen LogP contribution in [-0.2, 0) is 20.0 Å². The van der Waals surface area contributed by atoms with Crippen molar-refractivity contribution in [1.82, 2.24) is 9.78 Å². The molecular weight excluding hydrogens is 254 g/mol. The van der Waals surface area contributed by atoms with Crippen molar-refractivity contribution < 1.29 is 4.79 Å². The first-order chi connectivity index (χ1) is 9.52. The Hall–Kier alpha value is -2.50. The van der Waals surface area contributed by atoms with E-state index >= 15 is 0 Å². The molecule has 2 rings (SSSR count). The van der Waals surface area contributed by atoms with Gasteiger partial charge in [0, 0.05) is 25.4 Å². The van der Waals surface area contributed by atoms with Crippen molar-refractivity contribution in [2.24, 2.45) is 12.8 Å². The molecular formula is C14H19N5O. The summed E-state index contributed by atoms with van der Waals surface area (Å²) in [7, 11) is 1.89. The van der Waals surface area contributed by atoms with E-state index < -0.39 is 5.91 Å². The maximum atomic E-state index is 11.3. The van der Waals surface area contributed by atoms with E-state index in [1.54, 1.807) is 16.8 Å². The lowest BCUT2D eigenvalue weighted by Gasteiger charge is -2.11. The second kappa shape index (κ2) is 5.64. The fourth-order valence-corrected chi connectivity index (χ4v) is 2.15. The van der Waals surface area contributed by atoms with Crippen molar-refractivity contribution in [3.05, 3.63) is 41.2 Å². The van der Waals surface area contributed by atoms with E-state index in [9.17, 15) is 4.79 Å². The zero-order valence-electron chi connectivity index (χ0n) is 11.7. The Morgan fingerprint density at radius 1 is 1.45 bits per heavy atom. The van der Waals surface area contributed by atoms with Crippen LogP contribution in [0, 0.1) is 0 Å². The summed E-state index contributed by atoms with van der Waals surface area (Å²) in [5, 5.41) is 7.61. The molecule has 1 amide bonds. The number of nitrogens with one attached hydrogen (secondary N) is 1. The normalized spacial score (nSPS) is 10.5. The number of aryl methyl sites for hydroxylation is 2. The van der Waals surface area contributed by atoms with Crippen LogP contribution in [0.5, 0.6) is 0 Å². The molecule has 0 saturated carbocycles. The number of benzene rings is 1. The highest BCUT2D eigenvalue weighted by molar-refractivity contribution is 6.00. The van der Waals surface area contributed by atoms with Crippen molar-refractivity contribution >= 4 is 17.3 Å². The van der Waals surface area contributed by atoms with Gasteiger partial charge in [-0.3, -0.25) is 9.48 Å². The molecule has 0 radical (unpaired) electrons. The van der Waals surface area contributed by atoms with Gasteiger partial charge < -0.3 is 16.8 Å². The number of hydrogen-bond acceptors (Lipinski definition) is 4. The SMILES string of the molecule is CCc1nn(C)cc1CNc1cccc(C(N)=O)c1N. The highest BCUT2D eigenvalue weighted by atomic mass is 16.1. The van der Waals surface area contributed by atoms with Gasteiger partial charge >= 0.3 is 0 Å². The number of para-hydroxylation sites is 1. The summed E-state index contributed by atoms with van der Waals surface area (Å²) in [4.78, 5) is 11.3. The highest BCUT2D eigenvalue weighted by Crippen LogP contribution is 2.23. The van der Waals surface area contributed by atoms with Crippen LogP contribution in [0.3, 0.4) is 0 Å². The van der Waals surface area contributed by atoms with Crippen molar-refractivity contribution in [3.8, 4) is 0 Å². The predicted molar refractivity (Wildman–Crippen MR) is 79.3 cm³/mol. The van der Waals surface area contributed by atoms with E-state index in [1.807, 2.05) is 19.3 Å². The second-order valence-electron chi connectivity index (χ2n) is 4.61. The molecule has 6 nitrogen and oxygen atoms in total. The lowest BCUT2D eigenvalue weighted by Crippen LogP contribution is -2.15. The molecule has 1 aromatic carbocycles. The van der Waals surface area contributed by atoms with Gasteiger partial charge in [0.2, 0.25) is 0 Å². The second-order valence-corrected chi connectivity index (χ2v) is 4.61. The summed E-state index contributed by atoms with van der Waals surface area (Å²) < 4.78 is 1.79. The van der Waals surface area contributed by atoms with E-state index in [1.165, 1.54) is 0 Å². The number of hydrogen-bond donors (Lipinski definition) is 3. The predicted octanol–water partition coefficient (Wildman–Crippen LogP) is 1.28. The minimum atomic E-state index is -0.526. The summed E-state index contributed by atoms with van der Waals surface area (Å²) in [6, 6.07) is 5.19. The topological polar surface area (TPSA) is 99.0 Å². The molecule has 0 aliphatic rings. The average Bonchev–Trinajstić information content (AvgIpc) is 2.77. The van der Waals surface area contributed by atoms with E-state index in [2.05, 4.69) is 17.3 Å². The number of carbonyl (C=O) groups excluding carboxylic acids is 1. The fraction of sp³-hybridized carbons (Fsp3) is 0.286. The Bertz CT molecular complexity index is 632. The van der Waals surface area contributed by atoms with Crippen LogP contribution >= 0.6 is 0 Å². The number of nitrogen functional groups attached to an aromatic ring is 1. The number of amides is 1. The Kier molecular flexibility index (Phi) is 3.93. The molecule has 0 atom stereocenters. The zero-order chi connectivity index (χ0) is 14.7. The average molecular weight is 273 g/mol. The molecule has 0 aliphatic heterocycles. The third kappa shape index (κ3) is 2.74. The summed E-state index contributed by atoms with van der Waals surface area (Å²) in [5.41, 5.74) is 14.8. The number of nitrogens with two attached hydrogens (primary N) is 2. The minimum Gasteiger partial charge on any atom is -0.396 e. The lowest BCUT2D eigenvalue weighted by molar-refractivity contribution is 0.100. The van der Waals surface area contributed by atoms with Gasteiger partial charge in [0.05, 0.1) is 22.6 Å². The van der Waals surface area contributed by atoms with Crippen molar-refractivity contribution in [2.45, 2.75) is 19.9 Å². The monoisotopic (exact) mass is 273 g/mol. The molecule has 0 fully saturated rings. The van der Waals surface area contributed by atoms with Crippen LogP contribution in [0.15, 0.2) is 24.4 Å². The third-order valence-electron chi connectivity index (χ3n) is 3.17. The van der Waals surface area contributed by atoms with E-state index in [0.29, 0.717) is 23.5 Å². The Labute approximate surface area is 117 Å². The largest absolute Gasteiger partial charge is 0.396 e. The summed E-state index contributed by atoms with van der Waals surface area (Å²) in [6.07, 6.45) is 2.84. The smallest absolute Gasteiger partial charge is 0.250 e. The molecule has 5 N–H and O–H groups in total. The first kappa shape index (κ1) is 13.9. The fourth-order valence-electron chi connectivity index (χ4n) is 2.15. The van der Waals surface area contributed by atoms with Gasteiger partial charge in [-0.05, 0) is 18.6 Å². The first-order valence-corrected chi connectivity index (χ1v) is 6.46. The molecule has 0 unspecified atom stereocenters. The molecule has 106 valence electrons. The lowest BCUT2D eigenvalue weighted by atomic mass is 10.1. The van der Waals surface area contributed by atoms with Gasteiger partial charge in [0.1, 0.15) is 0 Å². The van der Waals surface area contributed by atoms with E-state index in [4.69, 9.17) is 11.5 Å². The molecule has 1 heterocycles. The molecule has 20 heavy (non-hydrogen) atoms. The van der Waals surface area contributed by atoms with Crippen molar-refractivity contribution in [3.63, 3.8) is 0 Å². The minimum absolute atomic E-state index is 0.330. The van der Waals surface area contributed by atoms with Crippen LogP contribution in [0.1, 0.15) is 28.5 Å². The van der Waals surface area contributed by atoms with Gasteiger partial charge in [-0.2, -0.15) is 5.10 Å². The van der Waals surface area contributed by atoms with Gasteiger partial charge in [-0.1, -0.05) is 13.0 Å². The molecule has 2 aromatic rings. The van der Waals surface area contributed by atoms with Gasteiger partial charge in [-0.25, -0.2) is 0 Å². The van der Waals surface area contributed by atoms with Gasteiger partial charge in [0.25, 0.3) is 5.91 Å². The van der Waals surface area contributed by atoms with Crippen molar-refractivity contribution in [2.75, 3.05) is 11.1 Å². The van der Waals surface area contributed by atoms with Crippen LogP contribution in [0.2, 0.25) is 0 Å². The van der Waals surface area contributed by atoms with E-state index in [-0.39, 0.29) is 0 Å². The zero-order valence-corrected chi connectivity index (χ0v) is 11.7. The molecule has 0 saturated heterocycles. The Balaban J connectivity index is 2.19. The summed E-state index contributed by atoms with van der Waals surface area (Å²) in [6.45, 7) is 2.66. The number of carbonyl (C=O) groups is 1. The van der Waals surface area contributed by atoms with Gasteiger partial charge in [0.15, 0.2) is 0 Å². The highest BCUT2D eigenvalue weighted by Gasteiger charge is 2.10. The molecule has 1 aromatic heterocycles. The maximum Gasteiger partial charge on any atom is 0.250 e. The van der Waals surface area contributed by atoms with Crippen LogP contribution < -0.4 is 16.8 Å². The van der Waals surface area contributed by atoms with Crippen molar-refractivity contribution in [1.29, 1.82) is 0 Å². The summed E-state index contributed by atoms with van der Waals surface area (Å²) in [5.74, 6) is -0.526. The molecule has 0 spiro atoms. The first-order valence-electron chi connectivity index (χ1n) is 6.46. The molecule has 6 heteroatoms. The number of aromatic nitrogens is 2. The Morgan fingerprint density at radius 3 is 2.85 bits per heavy atom. The Morgan fingerprint density at radius 2 is 2.20 bits per heavy atom. The maximum absolute atomic E-state index is 11.3. The van der Waals surface area contributed by atoms with Gasteiger partial charge in [-0.15, -0.1) is 0 Å². The van der Waals surface area contributed by atoms with Crippen LogP contribution in [0.4, 0.5) is 11.4 Å². The molecule has 0 bridgehead atoms. The number of nitrogens with zero attached hydrogens (tertiary/aromatic N) is 2. The quantitative estimate of drug-likeness (QED) is 0.714. The number of primary amides is 1. The van der Waals surface area contributed by atoms with E-state index in [0.717, 1.165) is 17.7 Å². The molecule has 0 aliphatic carbocycles. The number of anilines is 2. The third-order valence-corrected chi connectivity index (χ3v) is 3.17. The number of rotatable bonds is 5. The van der Waals surface area contributed by atoms with Crippen LogP contribution in [0.25, 0.3) is 0 Å². The standard InChI is InChI=1S/C14H19N5O/c1-3-11-9(8-19(2)18-11)7-17-12-6-4-5-10(13(12)15)14(16)20/h4-6,8,17H,3,7,15H2,1-2H3,(H2,16,20). The van der Waals surface area contributed by atoms with Crippen LogP contribution in [-0.4, -0.2) is 15.7 Å².